The molecule has 2 atom stereocenters. The molecular formula is C28H45N3O3. The van der Waals surface area contributed by atoms with Gasteiger partial charge in [0, 0.05) is 21.4 Å². The highest BCUT2D eigenvalue weighted by Crippen LogP contribution is 2.48. The average Bonchev–Trinajstić information content (AvgIpc) is 2.84. The lowest BCUT2D eigenvalue weighted by atomic mass is 9.63. The van der Waals surface area contributed by atoms with Gasteiger partial charge in [-0.2, -0.15) is 0 Å². The van der Waals surface area contributed by atoms with Gasteiger partial charge >= 0.3 is 6.09 Å². The SMILES string of the molecule is CC(=O)NC1CCC2(CCN(CCC3CCCN(C(=O)OCC(C)C)C3)CC2)c2ccccc21.[HH]. The molecular weight excluding hydrogens is 426 g/mol. The van der Waals surface area contributed by atoms with Crippen molar-refractivity contribution in [3.05, 3.63) is 35.4 Å². The van der Waals surface area contributed by atoms with Gasteiger partial charge in [-0.05, 0) is 93.0 Å². The second-order valence-corrected chi connectivity index (χ2v) is 11.2. The number of ether oxygens (including phenoxy) is 1. The van der Waals surface area contributed by atoms with Gasteiger partial charge in [-0.25, -0.2) is 4.79 Å². The van der Waals surface area contributed by atoms with Gasteiger partial charge in [0.25, 0.3) is 0 Å². The highest BCUT2D eigenvalue weighted by atomic mass is 16.6. The van der Waals surface area contributed by atoms with Gasteiger partial charge < -0.3 is 19.9 Å². The minimum atomic E-state index is -0.133. The van der Waals surface area contributed by atoms with Crippen molar-refractivity contribution in [2.45, 2.75) is 77.2 Å². The van der Waals surface area contributed by atoms with Crippen LogP contribution in [0.5, 0.6) is 0 Å². The predicted molar refractivity (Wildman–Crippen MR) is 137 cm³/mol. The molecule has 2 fully saturated rings. The van der Waals surface area contributed by atoms with Crippen molar-refractivity contribution in [2.24, 2.45) is 11.8 Å². The molecule has 0 bridgehead atoms. The lowest BCUT2D eigenvalue weighted by molar-refractivity contribution is -0.119. The smallest absolute Gasteiger partial charge is 0.409 e. The topological polar surface area (TPSA) is 61.9 Å². The summed E-state index contributed by atoms with van der Waals surface area (Å²) < 4.78 is 5.46. The van der Waals surface area contributed by atoms with E-state index in [4.69, 9.17) is 4.74 Å². The van der Waals surface area contributed by atoms with Gasteiger partial charge in [0.15, 0.2) is 0 Å². The third kappa shape index (κ3) is 5.94. The molecule has 0 aromatic heterocycles. The Bertz CT molecular complexity index is 854. The molecule has 6 nitrogen and oxygen atoms in total. The first-order valence-corrected chi connectivity index (χ1v) is 13.4. The number of hydrogen-bond donors (Lipinski definition) is 1. The summed E-state index contributed by atoms with van der Waals surface area (Å²) in [6, 6.07) is 8.93. The van der Waals surface area contributed by atoms with Crippen LogP contribution < -0.4 is 5.32 Å². The standard InChI is InChI=1S/C28H43N3O3.H2/c1-21(2)20-34-27(33)31-15-6-7-23(19-31)11-16-30-17-13-28(14-18-30)12-10-26(29-22(3)32)24-8-4-5-9-25(24)28;/h4-5,8-9,21,23,26H,6-7,10-20H2,1-3H3,(H,29,32);1H. The number of carbonyl (C=O) groups excluding carboxylic acids is 2. The van der Waals surface area contributed by atoms with Crippen LogP contribution in [0, 0.1) is 11.8 Å². The van der Waals surface area contributed by atoms with Gasteiger partial charge in [-0.3, -0.25) is 4.79 Å². The Labute approximate surface area is 206 Å². The second kappa shape index (κ2) is 11.1. The van der Waals surface area contributed by atoms with Gasteiger partial charge in [0.1, 0.15) is 0 Å². The van der Waals surface area contributed by atoms with Crippen LogP contribution in [-0.4, -0.2) is 61.1 Å². The largest absolute Gasteiger partial charge is 0.449 e. The molecule has 1 N–H and O–H groups in total. The third-order valence-corrected chi connectivity index (χ3v) is 8.18. The van der Waals surface area contributed by atoms with Crippen molar-refractivity contribution in [2.75, 3.05) is 39.3 Å². The van der Waals surface area contributed by atoms with Crippen LogP contribution in [-0.2, 0) is 14.9 Å². The molecule has 2 unspecified atom stereocenters. The van der Waals surface area contributed by atoms with Crippen LogP contribution in [0.1, 0.15) is 84.3 Å². The molecule has 0 saturated carbocycles. The van der Waals surface area contributed by atoms with E-state index in [0.29, 0.717) is 18.4 Å². The summed E-state index contributed by atoms with van der Waals surface area (Å²) in [6.07, 6.45) is 7.87. The van der Waals surface area contributed by atoms with Gasteiger partial charge in [-0.1, -0.05) is 38.1 Å². The minimum absolute atomic E-state index is 0. The molecule has 2 heterocycles. The van der Waals surface area contributed by atoms with E-state index in [-0.39, 0.29) is 24.9 Å². The maximum Gasteiger partial charge on any atom is 0.409 e. The molecule has 1 spiro atoms. The first-order chi connectivity index (χ1) is 16.4. The van der Waals surface area contributed by atoms with Gasteiger partial charge in [0.05, 0.1) is 12.6 Å². The van der Waals surface area contributed by atoms with E-state index < -0.39 is 0 Å². The fourth-order valence-electron chi connectivity index (χ4n) is 6.27. The maximum atomic E-state index is 12.4. The Balaban J connectivity index is 0.00000342. The van der Waals surface area contributed by atoms with Gasteiger partial charge in [0.2, 0.25) is 5.91 Å². The van der Waals surface area contributed by atoms with E-state index in [2.05, 4.69) is 48.3 Å². The van der Waals surface area contributed by atoms with Crippen LogP contribution in [0.3, 0.4) is 0 Å². The highest BCUT2D eigenvalue weighted by Gasteiger charge is 2.42. The van der Waals surface area contributed by atoms with Crippen molar-refractivity contribution in [1.29, 1.82) is 0 Å². The first kappa shape index (κ1) is 25.0. The lowest BCUT2D eigenvalue weighted by Gasteiger charge is -2.47. The fraction of sp³-hybridized carbons (Fsp3) is 0.714. The monoisotopic (exact) mass is 471 g/mol. The summed E-state index contributed by atoms with van der Waals surface area (Å²) in [5.41, 5.74) is 3.04. The van der Waals surface area contributed by atoms with Crippen molar-refractivity contribution >= 4 is 12.0 Å². The van der Waals surface area contributed by atoms with E-state index in [1.54, 1.807) is 6.92 Å². The molecule has 2 saturated heterocycles. The van der Waals surface area contributed by atoms with Crippen molar-refractivity contribution in [3.8, 4) is 0 Å². The number of amides is 2. The molecule has 190 valence electrons. The summed E-state index contributed by atoms with van der Waals surface area (Å²) in [4.78, 5) is 28.6. The highest BCUT2D eigenvalue weighted by molar-refractivity contribution is 5.73. The van der Waals surface area contributed by atoms with Crippen LogP contribution in [0.25, 0.3) is 0 Å². The normalized spacial score (nSPS) is 24.6. The maximum absolute atomic E-state index is 12.4. The molecule has 0 radical (unpaired) electrons. The molecule has 6 heteroatoms. The van der Waals surface area contributed by atoms with Crippen molar-refractivity contribution in [1.82, 2.24) is 15.1 Å². The number of nitrogens with zero attached hydrogens (tertiary/aromatic N) is 2. The quantitative estimate of drug-likeness (QED) is 0.625. The number of carbonyl (C=O) groups is 2. The van der Waals surface area contributed by atoms with E-state index in [9.17, 15) is 9.59 Å². The molecule has 3 aliphatic rings. The zero-order valence-corrected chi connectivity index (χ0v) is 21.4. The molecule has 2 amide bonds. The molecule has 34 heavy (non-hydrogen) atoms. The van der Waals surface area contributed by atoms with Crippen LogP contribution in [0.4, 0.5) is 4.79 Å². The number of benzene rings is 1. The lowest BCUT2D eigenvalue weighted by Crippen LogP contribution is -2.47. The predicted octanol–water partition coefficient (Wildman–Crippen LogP) is 5.13. The summed E-state index contributed by atoms with van der Waals surface area (Å²) >= 11 is 0. The summed E-state index contributed by atoms with van der Waals surface area (Å²) in [5, 5.41) is 3.16. The Morgan fingerprint density at radius 1 is 1.15 bits per heavy atom. The third-order valence-electron chi connectivity index (χ3n) is 8.18. The zero-order valence-electron chi connectivity index (χ0n) is 21.4. The molecule has 1 aromatic carbocycles. The number of rotatable bonds is 6. The Morgan fingerprint density at radius 2 is 1.91 bits per heavy atom. The number of hydrogen-bond acceptors (Lipinski definition) is 4. The summed E-state index contributed by atoms with van der Waals surface area (Å²) in [7, 11) is 0. The molecule has 4 rings (SSSR count). The first-order valence-electron chi connectivity index (χ1n) is 13.4. The fourth-order valence-corrected chi connectivity index (χ4v) is 6.27. The number of fused-ring (bicyclic) bond motifs is 2. The Kier molecular flexibility index (Phi) is 8.18. The van der Waals surface area contributed by atoms with Crippen LogP contribution in [0.2, 0.25) is 0 Å². The number of piperidine rings is 2. The van der Waals surface area contributed by atoms with E-state index >= 15 is 0 Å². The zero-order chi connectivity index (χ0) is 24.1. The van der Waals surface area contributed by atoms with E-state index in [0.717, 1.165) is 58.4 Å². The van der Waals surface area contributed by atoms with Crippen LogP contribution in [0.15, 0.2) is 24.3 Å². The molecule has 1 aliphatic carbocycles. The second-order valence-electron chi connectivity index (χ2n) is 11.2. The average molecular weight is 472 g/mol. The Hall–Kier alpha value is -2.08. The van der Waals surface area contributed by atoms with Crippen molar-refractivity contribution < 1.29 is 15.8 Å². The number of likely N-dealkylation sites (tertiary alicyclic amines) is 2. The molecule has 2 aliphatic heterocycles. The number of nitrogens with one attached hydrogen (secondary N) is 1. The van der Waals surface area contributed by atoms with E-state index in [1.807, 2.05) is 4.90 Å². The summed E-state index contributed by atoms with van der Waals surface area (Å²) in [6.45, 7) is 11.3. The molecule has 1 aromatic rings. The Morgan fingerprint density at radius 3 is 2.65 bits per heavy atom. The van der Waals surface area contributed by atoms with Gasteiger partial charge in [-0.15, -0.1) is 0 Å². The van der Waals surface area contributed by atoms with Crippen molar-refractivity contribution in [3.63, 3.8) is 0 Å². The van der Waals surface area contributed by atoms with E-state index in [1.165, 1.54) is 30.4 Å². The minimum Gasteiger partial charge on any atom is -0.449 e. The van der Waals surface area contributed by atoms with Crippen LogP contribution >= 0.6 is 0 Å². The summed E-state index contributed by atoms with van der Waals surface area (Å²) in [5.74, 6) is 1.00.